The average molecular weight is 586 g/mol. The highest BCUT2D eigenvalue weighted by atomic mass is 32.1. The highest BCUT2D eigenvalue weighted by Gasteiger charge is 2.33. The minimum atomic E-state index is -0.768. The van der Waals surface area contributed by atoms with Crippen LogP contribution in [0.4, 0.5) is 5.69 Å². The number of nitrogens with zero attached hydrogens (tertiary/aromatic N) is 3. The number of esters is 1. The molecule has 11 heteroatoms. The standard InChI is InChI=1S/C31H27N3O7S/c1-5-16-40-21-12-10-20(11-13-21)28-27(30(36)39-6-2)19(4)32-31-33(28)29(35)26(42-31)17-22-14-15-25(41-22)23-8-7-9-24(18(23)3)34(37)38/h5,7-15,17,28H,1,6,16H2,2-4H3/b26-17-/t28-/m1/s1. The summed E-state index contributed by atoms with van der Waals surface area (Å²) >= 11 is 1.17. The first-order valence-electron chi connectivity index (χ1n) is 13.1. The van der Waals surface area contributed by atoms with E-state index in [0.29, 0.717) is 55.6 Å². The van der Waals surface area contributed by atoms with Gasteiger partial charge in [0.25, 0.3) is 11.2 Å². The van der Waals surface area contributed by atoms with Gasteiger partial charge in [-0.15, -0.1) is 0 Å². The van der Waals surface area contributed by atoms with Crippen molar-refractivity contribution in [2.24, 2.45) is 4.99 Å². The summed E-state index contributed by atoms with van der Waals surface area (Å²) in [4.78, 5) is 42.9. The summed E-state index contributed by atoms with van der Waals surface area (Å²) in [5.41, 5.74) is 2.12. The van der Waals surface area contributed by atoms with Gasteiger partial charge >= 0.3 is 5.97 Å². The van der Waals surface area contributed by atoms with Crippen LogP contribution in [0, 0.1) is 17.0 Å². The van der Waals surface area contributed by atoms with E-state index >= 15 is 0 Å². The smallest absolute Gasteiger partial charge is 0.338 e. The molecule has 0 spiro atoms. The number of fused-ring (bicyclic) bond motifs is 1. The van der Waals surface area contributed by atoms with Gasteiger partial charge in [0.1, 0.15) is 23.9 Å². The zero-order valence-corrected chi connectivity index (χ0v) is 24.0. The third-order valence-electron chi connectivity index (χ3n) is 6.75. The molecule has 1 aliphatic rings. The summed E-state index contributed by atoms with van der Waals surface area (Å²) in [5.74, 6) is 0.903. The number of carbonyl (C=O) groups is 1. The van der Waals surface area contributed by atoms with Crippen LogP contribution in [0.5, 0.6) is 5.75 Å². The second kappa shape index (κ2) is 11.8. The molecule has 1 aliphatic heterocycles. The normalized spacial score (nSPS) is 14.7. The number of rotatable bonds is 9. The van der Waals surface area contributed by atoms with Gasteiger partial charge in [-0.2, -0.15) is 0 Å². The Bertz CT molecular complexity index is 1910. The summed E-state index contributed by atoms with van der Waals surface area (Å²) in [7, 11) is 0. The molecule has 0 N–H and O–H groups in total. The van der Waals surface area contributed by atoms with Crippen LogP contribution in [0.15, 0.2) is 92.7 Å². The van der Waals surface area contributed by atoms with Gasteiger partial charge < -0.3 is 13.9 Å². The molecule has 0 fully saturated rings. The van der Waals surface area contributed by atoms with Crippen LogP contribution < -0.4 is 19.6 Å². The lowest BCUT2D eigenvalue weighted by atomic mass is 9.96. The summed E-state index contributed by atoms with van der Waals surface area (Å²) < 4.78 is 18.8. The van der Waals surface area contributed by atoms with Gasteiger partial charge in [-0.1, -0.05) is 48.3 Å². The average Bonchev–Trinajstić information content (AvgIpc) is 3.55. The largest absolute Gasteiger partial charge is 0.490 e. The molecule has 214 valence electrons. The number of carbonyl (C=O) groups excluding carboxylic acids is 1. The number of nitro benzene ring substituents is 1. The topological polar surface area (TPSA) is 126 Å². The van der Waals surface area contributed by atoms with Gasteiger partial charge in [-0.3, -0.25) is 19.5 Å². The second-order valence-corrected chi connectivity index (χ2v) is 10.4. The Morgan fingerprint density at radius 3 is 2.64 bits per heavy atom. The number of allylic oxidation sites excluding steroid dienone is 1. The molecule has 3 heterocycles. The maximum absolute atomic E-state index is 13.8. The van der Waals surface area contributed by atoms with E-state index in [1.54, 1.807) is 81.5 Å². The minimum Gasteiger partial charge on any atom is -0.490 e. The first-order valence-corrected chi connectivity index (χ1v) is 13.9. The molecule has 42 heavy (non-hydrogen) atoms. The van der Waals surface area contributed by atoms with Crippen LogP contribution in [0.3, 0.4) is 0 Å². The molecular formula is C31H27N3O7S. The van der Waals surface area contributed by atoms with E-state index in [4.69, 9.17) is 13.9 Å². The molecule has 10 nitrogen and oxygen atoms in total. The van der Waals surface area contributed by atoms with Crippen molar-refractivity contribution in [2.45, 2.75) is 26.8 Å². The van der Waals surface area contributed by atoms with E-state index in [1.807, 2.05) is 0 Å². The quantitative estimate of drug-likeness (QED) is 0.119. The van der Waals surface area contributed by atoms with Crippen molar-refractivity contribution >= 4 is 29.1 Å². The molecule has 2 aromatic carbocycles. The fraction of sp³-hybridized carbons (Fsp3) is 0.194. The van der Waals surface area contributed by atoms with E-state index in [2.05, 4.69) is 11.6 Å². The molecule has 0 saturated heterocycles. The van der Waals surface area contributed by atoms with Crippen molar-refractivity contribution in [3.63, 3.8) is 0 Å². The van der Waals surface area contributed by atoms with Crippen molar-refractivity contribution in [1.29, 1.82) is 0 Å². The Morgan fingerprint density at radius 1 is 1.19 bits per heavy atom. The van der Waals surface area contributed by atoms with E-state index in [0.717, 1.165) is 0 Å². The van der Waals surface area contributed by atoms with Gasteiger partial charge in [0.05, 0.1) is 33.4 Å². The number of hydrogen-bond acceptors (Lipinski definition) is 9. The number of benzene rings is 2. The van der Waals surface area contributed by atoms with Crippen LogP contribution in [0.1, 0.15) is 36.8 Å². The molecule has 0 bridgehead atoms. The minimum absolute atomic E-state index is 0.00756. The summed E-state index contributed by atoms with van der Waals surface area (Å²) in [6.07, 6.45) is 3.25. The number of ether oxygens (including phenoxy) is 2. The predicted octanol–water partition coefficient (Wildman–Crippen LogP) is 4.84. The highest BCUT2D eigenvalue weighted by Crippen LogP contribution is 2.33. The molecule has 1 atom stereocenters. The van der Waals surface area contributed by atoms with E-state index in [-0.39, 0.29) is 23.4 Å². The molecule has 0 aliphatic carbocycles. The monoisotopic (exact) mass is 585 g/mol. The van der Waals surface area contributed by atoms with Crippen molar-refractivity contribution in [2.75, 3.05) is 13.2 Å². The van der Waals surface area contributed by atoms with E-state index < -0.39 is 16.9 Å². The lowest BCUT2D eigenvalue weighted by molar-refractivity contribution is -0.385. The zero-order valence-electron chi connectivity index (χ0n) is 23.2. The van der Waals surface area contributed by atoms with Crippen LogP contribution in [-0.4, -0.2) is 28.7 Å². The molecule has 0 saturated carbocycles. The predicted molar refractivity (Wildman–Crippen MR) is 158 cm³/mol. The highest BCUT2D eigenvalue weighted by molar-refractivity contribution is 7.07. The maximum Gasteiger partial charge on any atom is 0.338 e. The zero-order chi connectivity index (χ0) is 30.0. The maximum atomic E-state index is 13.8. The lowest BCUT2D eigenvalue weighted by Crippen LogP contribution is -2.39. The number of aromatic nitrogens is 1. The van der Waals surface area contributed by atoms with Gasteiger partial charge in [-0.05, 0) is 50.6 Å². The van der Waals surface area contributed by atoms with Crippen molar-refractivity contribution in [3.8, 4) is 17.1 Å². The molecule has 2 aromatic heterocycles. The SMILES string of the molecule is C=CCOc1ccc([C@@H]2C(C(=O)OCC)=C(C)N=c3s/c(=C\c4ccc(-c5cccc([N+](=O)[O-])c5C)o4)c(=O)n32)cc1. The second-order valence-electron chi connectivity index (χ2n) is 9.38. The Labute approximate surface area is 244 Å². The number of furan rings is 1. The Morgan fingerprint density at radius 2 is 1.95 bits per heavy atom. The third-order valence-corrected chi connectivity index (χ3v) is 7.73. The first-order chi connectivity index (χ1) is 20.2. The molecule has 5 rings (SSSR count). The van der Waals surface area contributed by atoms with Gasteiger partial charge in [-0.25, -0.2) is 9.79 Å². The summed E-state index contributed by atoms with van der Waals surface area (Å²) in [6.45, 7) is 9.27. The van der Waals surface area contributed by atoms with Crippen LogP contribution in [0.25, 0.3) is 17.4 Å². The summed E-state index contributed by atoms with van der Waals surface area (Å²) in [6, 6.07) is 14.6. The third kappa shape index (κ3) is 5.34. The number of nitro groups is 1. The fourth-order valence-electron chi connectivity index (χ4n) is 4.80. The van der Waals surface area contributed by atoms with Crippen molar-refractivity contribution in [1.82, 2.24) is 4.57 Å². The molecule has 4 aromatic rings. The summed E-state index contributed by atoms with van der Waals surface area (Å²) in [5, 5.41) is 11.4. The first kappa shape index (κ1) is 28.5. The Balaban J connectivity index is 1.60. The molecule has 0 radical (unpaired) electrons. The fourth-order valence-corrected chi connectivity index (χ4v) is 5.83. The molecule has 0 unspecified atom stereocenters. The lowest BCUT2D eigenvalue weighted by Gasteiger charge is -2.24. The molecule has 0 amide bonds. The van der Waals surface area contributed by atoms with Crippen LogP contribution in [-0.2, 0) is 9.53 Å². The van der Waals surface area contributed by atoms with Gasteiger partial charge in [0.15, 0.2) is 4.80 Å². The van der Waals surface area contributed by atoms with Gasteiger partial charge in [0, 0.05) is 23.3 Å². The molecular weight excluding hydrogens is 558 g/mol. The van der Waals surface area contributed by atoms with Crippen molar-refractivity contribution in [3.05, 3.63) is 125 Å². The van der Waals surface area contributed by atoms with Crippen molar-refractivity contribution < 1.29 is 23.6 Å². The number of thiazole rings is 1. The van der Waals surface area contributed by atoms with Gasteiger partial charge in [0.2, 0.25) is 0 Å². The van der Waals surface area contributed by atoms with E-state index in [9.17, 15) is 19.7 Å². The van der Waals surface area contributed by atoms with Crippen LogP contribution >= 0.6 is 11.3 Å². The van der Waals surface area contributed by atoms with E-state index in [1.165, 1.54) is 22.0 Å². The number of hydrogen-bond donors (Lipinski definition) is 0. The Kier molecular flexibility index (Phi) is 8.03. The Hall–Kier alpha value is -5.03. The van der Waals surface area contributed by atoms with Crippen LogP contribution in [0.2, 0.25) is 0 Å².